The zero-order valence-corrected chi connectivity index (χ0v) is 15.6. The lowest BCUT2D eigenvalue weighted by atomic mass is 10.1. The molecule has 11 nitrogen and oxygen atoms in total. The van der Waals surface area contributed by atoms with Crippen molar-refractivity contribution in [1.29, 1.82) is 0 Å². The van der Waals surface area contributed by atoms with Gasteiger partial charge in [0.05, 0.1) is 10.6 Å². The van der Waals surface area contributed by atoms with Crippen molar-refractivity contribution in [1.82, 2.24) is 19.1 Å². The fourth-order valence-corrected chi connectivity index (χ4v) is 2.78. The number of benzene rings is 1. The second-order valence-corrected chi connectivity index (χ2v) is 6.19. The lowest BCUT2D eigenvalue weighted by Crippen LogP contribution is -2.29. The first kappa shape index (κ1) is 19.0. The first-order chi connectivity index (χ1) is 13.3. The number of nitrogens with zero attached hydrogens (tertiary/aromatic N) is 5. The molecule has 0 fully saturated rings. The first-order valence-electron chi connectivity index (χ1n) is 8.58. The molecule has 11 heteroatoms. The number of H-pyrrole nitrogens is 1. The molecule has 2 N–H and O–H groups in total. The van der Waals surface area contributed by atoms with Gasteiger partial charge in [-0.25, -0.2) is 10.2 Å². The van der Waals surface area contributed by atoms with Gasteiger partial charge in [-0.1, -0.05) is 6.92 Å². The van der Waals surface area contributed by atoms with Crippen LogP contribution in [0.4, 0.5) is 11.6 Å². The average Bonchev–Trinajstić information content (AvgIpc) is 3.03. The van der Waals surface area contributed by atoms with Crippen LogP contribution < -0.4 is 16.7 Å². The molecule has 0 spiro atoms. The number of nitrogens with one attached hydrogen (secondary N) is 2. The zero-order valence-electron chi connectivity index (χ0n) is 15.6. The molecule has 1 aromatic carbocycles. The molecule has 0 aliphatic carbocycles. The molecule has 0 aliphatic heterocycles. The molecular weight excluding hydrogens is 366 g/mol. The van der Waals surface area contributed by atoms with Gasteiger partial charge in [-0.15, -0.1) is 0 Å². The van der Waals surface area contributed by atoms with E-state index in [1.54, 1.807) is 23.6 Å². The van der Waals surface area contributed by atoms with E-state index in [9.17, 15) is 19.7 Å². The minimum atomic E-state index is -0.546. The molecule has 0 aliphatic rings. The Balaban J connectivity index is 2.00. The molecule has 0 bridgehead atoms. The van der Waals surface area contributed by atoms with Gasteiger partial charge in [-0.2, -0.15) is 10.1 Å². The highest BCUT2D eigenvalue weighted by Crippen LogP contribution is 2.17. The SMILES string of the molecule is CCCn1c(N/N=C(\C)c2ccc([N+](=O)[O-])cc2)nc2c1c(=O)[nH]c(=O)n2C. The van der Waals surface area contributed by atoms with E-state index in [1.165, 1.54) is 23.7 Å². The van der Waals surface area contributed by atoms with Crippen LogP contribution in [0.15, 0.2) is 39.0 Å². The molecule has 146 valence electrons. The van der Waals surface area contributed by atoms with Crippen LogP contribution in [0.1, 0.15) is 25.8 Å². The Hall–Kier alpha value is -3.76. The van der Waals surface area contributed by atoms with E-state index >= 15 is 0 Å². The van der Waals surface area contributed by atoms with Crippen molar-refractivity contribution in [3.8, 4) is 0 Å². The number of aryl methyl sites for hydroxylation is 2. The largest absolute Gasteiger partial charge is 0.329 e. The molecule has 0 saturated heterocycles. The topological polar surface area (TPSA) is 140 Å². The van der Waals surface area contributed by atoms with Crippen molar-refractivity contribution >= 4 is 28.5 Å². The third kappa shape index (κ3) is 3.41. The van der Waals surface area contributed by atoms with Crippen LogP contribution in [0, 0.1) is 10.1 Å². The van der Waals surface area contributed by atoms with Crippen LogP contribution >= 0.6 is 0 Å². The number of aromatic nitrogens is 4. The molecule has 28 heavy (non-hydrogen) atoms. The first-order valence-corrected chi connectivity index (χ1v) is 8.58. The molecular formula is C17H19N7O4. The van der Waals surface area contributed by atoms with Gasteiger partial charge in [0.15, 0.2) is 11.2 Å². The van der Waals surface area contributed by atoms with E-state index in [0.29, 0.717) is 23.8 Å². The molecule has 0 saturated carbocycles. The third-order valence-corrected chi connectivity index (χ3v) is 4.27. The Kier molecular flexibility index (Phi) is 5.07. The summed E-state index contributed by atoms with van der Waals surface area (Å²) < 4.78 is 2.93. The summed E-state index contributed by atoms with van der Waals surface area (Å²) in [6.07, 6.45) is 0.744. The normalized spacial score (nSPS) is 11.8. The van der Waals surface area contributed by atoms with E-state index in [1.807, 2.05) is 6.92 Å². The van der Waals surface area contributed by atoms with Gasteiger partial charge in [0.1, 0.15) is 0 Å². The monoisotopic (exact) mass is 385 g/mol. The summed E-state index contributed by atoms with van der Waals surface area (Å²) in [6, 6.07) is 6.00. The van der Waals surface area contributed by atoms with Gasteiger partial charge in [-0.05, 0) is 31.0 Å². The third-order valence-electron chi connectivity index (χ3n) is 4.27. The molecule has 3 rings (SSSR count). The fourth-order valence-electron chi connectivity index (χ4n) is 2.78. The Morgan fingerprint density at radius 2 is 2.00 bits per heavy atom. The van der Waals surface area contributed by atoms with Crippen LogP contribution in [0.2, 0.25) is 0 Å². The summed E-state index contributed by atoms with van der Waals surface area (Å²) >= 11 is 0. The molecule has 0 amide bonds. The smallest absolute Gasteiger partial charge is 0.303 e. The predicted octanol–water partition coefficient (Wildman–Crippen LogP) is 1.58. The highest BCUT2D eigenvalue weighted by molar-refractivity contribution is 5.99. The Bertz CT molecular complexity index is 1190. The Morgan fingerprint density at radius 1 is 1.32 bits per heavy atom. The highest BCUT2D eigenvalue weighted by atomic mass is 16.6. The second kappa shape index (κ2) is 7.47. The number of hydrogen-bond donors (Lipinski definition) is 2. The number of aromatic amines is 1. The summed E-state index contributed by atoms with van der Waals surface area (Å²) in [4.78, 5) is 41.0. The molecule has 0 unspecified atom stereocenters. The maximum absolute atomic E-state index is 12.3. The number of fused-ring (bicyclic) bond motifs is 1. The number of rotatable bonds is 6. The number of hydrogen-bond acceptors (Lipinski definition) is 7. The summed E-state index contributed by atoms with van der Waals surface area (Å²) in [5.74, 6) is 0.324. The van der Waals surface area contributed by atoms with Crippen LogP contribution in [0.5, 0.6) is 0 Å². The van der Waals surface area contributed by atoms with Crippen molar-refractivity contribution < 1.29 is 4.92 Å². The number of anilines is 1. The fraction of sp³-hybridized carbons (Fsp3) is 0.294. The zero-order chi connectivity index (χ0) is 20.4. The highest BCUT2D eigenvalue weighted by Gasteiger charge is 2.16. The van der Waals surface area contributed by atoms with Crippen molar-refractivity contribution in [3.05, 3.63) is 60.8 Å². The van der Waals surface area contributed by atoms with Gasteiger partial charge < -0.3 is 4.57 Å². The van der Waals surface area contributed by atoms with Crippen molar-refractivity contribution in [2.75, 3.05) is 5.43 Å². The number of imidazole rings is 1. The minimum absolute atomic E-state index is 0.00519. The number of non-ortho nitro benzene ring substituents is 1. The molecule has 0 radical (unpaired) electrons. The van der Waals surface area contributed by atoms with Crippen molar-refractivity contribution in [2.45, 2.75) is 26.8 Å². The van der Waals surface area contributed by atoms with E-state index < -0.39 is 16.2 Å². The second-order valence-electron chi connectivity index (χ2n) is 6.19. The maximum atomic E-state index is 12.3. The molecule has 2 aromatic heterocycles. The van der Waals surface area contributed by atoms with E-state index in [-0.39, 0.29) is 16.9 Å². The number of hydrazone groups is 1. The van der Waals surface area contributed by atoms with E-state index in [0.717, 1.165) is 6.42 Å². The Morgan fingerprint density at radius 3 is 2.61 bits per heavy atom. The van der Waals surface area contributed by atoms with Crippen molar-refractivity contribution in [3.63, 3.8) is 0 Å². The number of nitro groups is 1. The summed E-state index contributed by atoms with van der Waals surface area (Å²) in [5, 5.41) is 15.0. The van der Waals surface area contributed by atoms with Gasteiger partial charge >= 0.3 is 5.69 Å². The van der Waals surface area contributed by atoms with Gasteiger partial charge in [-0.3, -0.25) is 24.5 Å². The van der Waals surface area contributed by atoms with Gasteiger partial charge in [0, 0.05) is 25.7 Å². The quantitative estimate of drug-likeness (QED) is 0.375. The standard InChI is InChI=1S/C17H19N7O4/c1-4-9-23-13-14(22(3)17(26)19-15(13)25)18-16(23)21-20-10(2)11-5-7-12(8-6-11)24(27)28/h5-8H,4,9H2,1-3H3,(H,18,21)(H,19,25,26)/b20-10+. The molecule has 0 atom stereocenters. The molecule has 2 heterocycles. The van der Waals surface area contributed by atoms with Crippen LogP contribution in [-0.2, 0) is 13.6 Å². The Labute approximate surface area is 158 Å². The lowest BCUT2D eigenvalue weighted by Gasteiger charge is -2.07. The van der Waals surface area contributed by atoms with Crippen molar-refractivity contribution in [2.24, 2.45) is 12.1 Å². The maximum Gasteiger partial charge on any atom is 0.329 e. The van der Waals surface area contributed by atoms with E-state index in [2.05, 4.69) is 20.5 Å². The van der Waals surface area contributed by atoms with E-state index in [4.69, 9.17) is 0 Å². The van der Waals surface area contributed by atoms with Gasteiger partial charge in [0.2, 0.25) is 5.95 Å². The minimum Gasteiger partial charge on any atom is -0.303 e. The number of nitro benzene ring substituents is 1. The van der Waals surface area contributed by atoms with Gasteiger partial charge in [0.25, 0.3) is 11.2 Å². The van der Waals surface area contributed by atoms with Crippen LogP contribution in [-0.4, -0.2) is 29.7 Å². The average molecular weight is 385 g/mol. The summed E-state index contributed by atoms with van der Waals surface area (Å²) in [7, 11) is 1.53. The predicted molar refractivity (Wildman–Crippen MR) is 105 cm³/mol. The van der Waals surface area contributed by atoms with Crippen LogP contribution in [0.25, 0.3) is 11.2 Å². The lowest BCUT2D eigenvalue weighted by molar-refractivity contribution is -0.384. The summed E-state index contributed by atoms with van der Waals surface area (Å²) in [5.41, 5.74) is 3.59. The summed E-state index contributed by atoms with van der Waals surface area (Å²) in [6.45, 7) is 4.20. The molecule has 3 aromatic rings. The van der Waals surface area contributed by atoms with Crippen LogP contribution in [0.3, 0.4) is 0 Å².